The molecule has 0 amide bonds. The fourth-order valence-corrected chi connectivity index (χ4v) is 2.65. The minimum Gasteiger partial charge on any atom is -0.372 e. The lowest BCUT2D eigenvalue weighted by Crippen LogP contribution is -2.29. The highest BCUT2D eigenvalue weighted by atomic mass is 79.9. The fraction of sp³-hybridized carbons (Fsp3) is 0.538. The highest BCUT2D eigenvalue weighted by molar-refractivity contribution is 9.10. The van der Waals surface area contributed by atoms with Gasteiger partial charge in [-0.3, -0.25) is 0 Å². The Labute approximate surface area is 115 Å². The Morgan fingerprint density at radius 2 is 2.06 bits per heavy atom. The Bertz CT molecular complexity index is 339. The Balaban J connectivity index is 2.96. The molecule has 1 aromatic carbocycles. The maximum atomic E-state index is 3.55. The molecule has 1 unspecified atom stereocenters. The summed E-state index contributed by atoms with van der Waals surface area (Å²) < 4.78 is 1.14. The summed E-state index contributed by atoms with van der Waals surface area (Å²) in [4.78, 5) is 2.37. The summed E-state index contributed by atoms with van der Waals surface area (Å²) in [6.07, 6.45) is 2.45. The van der Waals surface area contributed by atoms with E-state index in [1.54, 1.807) is 0 Å². The Hall–Kier alpha value is -0.0200. The molecule has 3 heteroatoms. The summed E-state index contributed by atoms with van der Waals surface area (Å²) in [5.74, 6) is 0. The summed E-state index contributed by atoms with van der Waals surface area (Å²) in [5, 5.41) is 0.902. The third kappa shape index (κ3) is 3.49. The van der Waals surface area contributed by atoms with E-state index < -0.39 is 0 Å². The van der Waals surface area contributed by atoms with E-state index in [1.807, 2.05) is 0 Å². The second-order valence-corrected chi connectivity index (χ2v) is 5.63. The normalized spacial score (nSPS) is 12.6. The van der Waals surface area contributed by atoms with E-state index >= 15 is 0 Å². The third-order valence-corrected chi connectivity index (χ3v) is 4.04. The molecule has 0 aliphatic heterocycles. The van der Waals surface area contributed by atoms with Crippen molar-refractivity contribution in [1.82, 2.24) is 0 Å². The van der Waals surface area contributed by atoms with E-state index in [4.69, 9.17) is 0 Å². The van der Waals surface area contributed by atoms with E-state index in [0.717, 1.165) is 9.80 Å². The molecular weight excluding hydrogens is 330 g/mol. The van der Waals surface area contributed by atoms with Crippen molar-refractivity contribution in [1.29, 1.82) is 0 Å². The Morgan fingerprint density at radius 1 is 1.38 bits per heavy atom. The van der Waals surface area contributed by atoms with Gasteiger partial charge in [0.2, 0.25) is 0 Å². The van der Waals surface area contributed by atoms with Crippen LogP contribution in [0.3, 0.4) is 0 Å². The van der Waals surface area contributed by atoms with Gasteiger partial charge < -0.3 is 4.90 Å². The standard InChI is InChI=1S/C13H19Br2N/c1-4-5-10(2)16(3)13-8-12(15)7-6-11(13)9-14/h6-8,10H,4-5,9H2,1-3H3. The van der Waals surface area contributed by atoms with Crippen LogP contribution in [0.2, 0.25) is 0 Å². The zero-order chi connectivity index (χ0) is 12.1. The monoisotopic (exact) mass is 347 g/mol. The van der Waals surface area contributed by atoms with E-state index in [2.05, 4.69) is 75.9 Å². The molecule has 0 saturated carbocycles. The van der Waals surface area contributed by atoms with Gasteiger partial charge in [0.05, 0.1) is 0 Å². The van der Waals surface area contributed by atoms with Crippen molar-refractivity contribution in [3.05, 3.63) is 28.2 Å². The molecule has 0 N–H and O–H groups in total. The van der Waals surface area contributed by atoms with Crippen molar-refractivity contribution >= 4 is 37.5 Å². The SMILES string of the molecule is CCCC(C)N(C)c1cc(Br)ccc1CBr. The zero-order valence-electron chi connectivity index (χ0n) is 10.1. The molecule has 0 saturated heterocycles. The number of alkyl halides is 1. The summed E-state index contributed by atoms with van der Waals surface area (Å²) in [5.41, 5.74) is 2.65. The van der Waals surface area contributed by atoms with E-state index in [9.17, 15) is 0 Å². The van der Waals surface area contributed by atoms with Gasteiger partial charge in [0, 0.05) is 28.6 Å². The van der Waals surface area contributed by atoms with Crippen molar-refractivity contribution in [2.75, 3.05) is 11.9 Å². The average Bonchev–Trinajstić information content (AvgIpc) is 2.28. The zero-order valence-corrected chi connectivity index (χ0v) is 13.3. The number of rotatable bonds is 5. The molecule has 0 aliphatic rings. The molecule has 0 aliphatic carbocycles. The molecule has 16 heavy (non-hydrogen) atoms. The van der Waals surface area contributed by atoms with Crippen molar-refractivity contribution in [3.8, 4) is 0 Å². The Morgan fingerprint density at radius 3 is 2.62 bits per heavy atom. The highest BCUT2D eigenvalue weighted by Gasteiger charge is 2.12. The number of hydrogen-bond acceptors (Lipinski definition) is 1. The molecule has 90 valence electrons. The van der Waals surface area contributed by atoms with Crippen molar-refractivity contribution in [2.45, 2.75) is 38.1 Å². The van der Waals surface area contributed by atoms with Crippen molar-refractivity contribution in [2.24, 2.45) is 0 Å². The molecule has 0 spiro atoms. The molecule has 0 fully saturated rings. The van der Waals surface area contributed by atoms with Crippen molar-refractivity contribution in [3.63, 3.8) is 0 Å². The van der Waals surface area contributed by atoms with Crippen LogP contribution < -0.4 is 4.90 Å². The van der Waals surface area contributed by atoms with Crippen LogP contribution in [0, 0.1) is 0 Å². The van der Waals surface area contributed by atoms with Gasteiger partial charge in [-0.25, -0.2) is 0 Å². The van der Waals surface area contributed by atoms with Crippen molar-refractivity contribution < 1.29 is 0 Å². The van der Waals surface area contributed by atoms with Gasteiger partial charge >= 0.3 is 0 Å². The topological polar surface area (TPSA) is 3.24 Å². The lowest BCUT2D eigenvalue weighted by atomic mass is 10.1. The second kappa shape index (κ2) is 6.65. The van der Waals surface area contributed by atoms with Crippen LogP contribution >= 0.6 is 31.9 Å². The van der Waals surface area contributed by atoms with E-state index in [-0.39, 0.29) is 0 Å². The van der Waals surface area contributed by atoms with Gasteiger partial charge in [-0.05, 0) is 31.0 Å². The van der Waals surface area contributed by atoms with Gasteiger partial charge in [0.15, 0.2) is 0 Å². The predicted molar refractivity (Wildman–Crippen MR) is 79.5 cm³/mol. The number of benzene rings is 1. The largest absolute Gasteiger partial charge is 0.372 e. The number of anilines is 1. The second-order valence-electron chi connectivity index (χ2n) is 4.16. The molecule has 0 aromatic heterocycles. The van der Waals surface area contributed by atoms with E-state index in [0.29, 0.717) is 6.04 Å². The first-order chi connectivity index (χ1) is 7.60. The first-order valence-electron chi connectivity index (χ1n) is 5.67. The van der Waals surface area contributed by atoms with Crippen LogP contribution in [-0.4, -0.2) is 13.1 Å². The minimum atomic E-state index is 0.581. The number of nitrogens with zero attached hydrogens (tertiary/aromatic N) is 1. The summed E-state index contributed by atoms with van der Waals surface area (Å²) in [6, 6.07) is 7.04. The van der Waals surface area contributed by atoms with Crippen LogP contribution in [0.25, 0.3) is 0 Å². The van der Waals surface area contributed by atoms with Crippen LogP contribution in [0.4, 0.5) is 5.69 Å². The quantitative estimate of drug-likeness (QED) is 0.679. The molecule has 0 radical (unpaired) electrons. The van der Waals surface area contributed by atoms with Crippen LogP contribution in [0.5, 0.6) is 0 Å². The smallest absolute Gasteiger partial charge is 0.0418 e. The molecule has 1 nitrogen and oxygen atoms in total. The third-order valence-electron chi connectivity index (χ3n) is 2.94. The van der Waals surface area contributed by atoms with E-state index in [1.165, 1.54) is 24.1 Å². The minimum absolute atomic E-state index is 0.581. The summed E-state index contributed by atoms with van der Waals surface area (Å²) >= 11 is 7.09. The maximum Gasteiger partial charge on any atom is 0.0418 e. The lowest BCUT2D eigenvalue weighted by molar-refractivity contribution is 0.615. The molecular formula is C13H19Br2N. The van der Waals surface area contributed by atoms with Gasteiger partial charge in [-0.1, -0.05) is 51.3 Å². The molecule has 0 heterocycles. The summed E-state index contributed by atoms with van der Waals surface area (Å²) in [7, 11) is 2.17. The number of halogens is 2. The average molecular weight is 349 g/mol. The Kier molecular flexibility index (Phi) is 5.84. The summed E-state index contributed by atoms with van der Waals surface area (Å²) in [6.45, 7) is 4.51. The van der Waals surface area contributed by atoms with Crippen LogP contribution in [0.15, 0.2) is 22.7 Å². The first kappa shape index (κ1) is 14.0. The number of hydrogen-bond donors (Lipinski definition) is 0. The maximum absolute atomic E-state index is 3.55. The van der Waals surface area contributed by atoms with Gasteiger partial charge in [0.25, 0.3) is 0 Å². The lowest BCUT2D eigenvalue weighted by Gasteiger charge is -2.28. The van der Waals surface area contributed by atoms with Gasteiger partial charge in [-0.2, -0.15) is 0 Å². The predicted octanol–water partition coefficient (Wildman–Crippen LogP) is 4.97. The van der Waals surface area contributed by atoms with Gasteiger partial charge in [-0.15, -0.1) is 0 Å². The molecule has 0 bridgehead atoms. The van der Waals surface area contributed by atoms with Crippen LogP contribution in [-0.2, 0) is 5.33 Å². The first-order valence-corrected chi connectivity index (χ1v) is 7.58. The fourth-order valence-electron chi connectivity index (χ4n) is 1.83. The molecule has 1 aromatic rings. The molecule has 1 atom stereocenters. The highest BCUT2D eigenvalue weighted by Crippen LogP contribution is 2.28. The van der Waals surface area contributed by atoms with Crippen LogP contribution in [0.1, 0.15) is 32.3 Å². The molecule has 1 rings (SSSR count). The van der Waals surface area contributed by atoms with Gasteiger partial charge in [0.1, 0.15) is 0 Å².